The van der Waals surface area contributed by atoms with Crippen LogP contribution in [0.2, 0.25) is 0 Å². The van der Waals surface area contributed by atoms with Crippen LogP contribution in [-0.2, 0) is 4.79 Å². The summed E-state index contributed by atoms with van der Waals surface area (Å²) < 4.78 is 0. The average Bonchev–Trinajstić information content (AvgIpc) is 2.50. The average molecular weight is 332 g/mol. The van der Waals surface area contributed by atoms with Gasteiger partial charge in [0.1, 0.15) is 0 Å². The van der Waals surface area contributed by atoms with E-state index in [-0.39, 0.29) is 5.91 Å². The summed E-state index contributed by atoms with van der Waals surface area (Å²) in [4.78, 5) is 17.1. The molecular formula is C20H33N3O. The predicted molar refractivity (Wildman–Crippen MR) is 101 cm³/mol. The molecule has 1 fully saturated rings. The van der Waals surface area contributed by atoms with Gasteiger partial charge in [-0.3, -0.25) is 9.69 Å². The van der Waals surface area contributed by atoms with E-state index in [4.69, 9.17) is 0 Å². The molecular weight excluding hydrogens is 298 g/mol. The molecule has 1 aromatic rings. The van der Waals surface area contributed by atoms with E-state index >= 15 is 0 Å². The molecule has 0 atom stereocenters. The van der Waals surface area contributed by atoms with Gasteiger partial charge in [0.25, 0.3) is 0 Å². The summed E-state index contributed by atoms with van der Waals surface area (Å²) in [7, 11) is 0. The van der Waals surface area contributed by atoms with Crippen molar-refractivity contribution >= 4 is 11.6 Å². The van der Waals surface area contributed by atoms with E-state index < -0.39 is 0 Å². The van der Waals surface area contributed by atoms with Gasteiger partial charge in [-0.2, -0.15) is 0 Å². The highest BCUT2D eigenvalue weighted by Crippen LogP contribution is 2.20. The van der Waals surface area contributed by atoms with Gasteiger partial charge in [-0.05, 0) is 49.4 Å². The molecule has 4 heteroatoms. The van der Waals surface area contributed by atoms with Crippen molar-refractivity contribution in [3.63, 3.8) is 0 Å². The number of hydrogen-bond donors (Lipinski definition) is 1. The monoisotopic (exact) mass is 331 g/mol. The number of amides is 1. The van der Waals surface area contributed by atoms with Crippen LogP contribution in [0.4, 0.5) is 5.69 Å². The van der Waals surface area contributed by atoms with Gasteiger partial charge >= 0.3 is 0 Å². The largest absolute Gasteiger partial charge is 0.325 e. The van der Waals surface area contributed by atoms with Gasteiger partial charge in [-0.25, -0.2) is 0 Å². The summed E-state index contributed by atoms with van der Waals surface area (Å²) in [5.74, 6) is 0.0897. The summed E-state index contributed by atoms with van der Waals surface area (Å²) in [6.45, 7) is 16.7. The summed E-state index contributed by atoms with van der Waals surface area (Å²) in [6.07, 6.45) is 1.22. The highest BCUT2D eigenvalue weighted by atomic mass is 16.2. The first-order valence-corrected chi connectivity index (χ1v) is 9.05. The highest BCUT2D eigenvalue weighted by molar-refractivity contribution is 5.93. The molecule has 1 aliphatic heterocycles. The van der Waals surface area contributed by atoms with Crippen LogP contribution in [0, 0.1) is 19.3 Å². The van der Waals surface area contributed by atoms with Gasteiger partial charge in [0.2, 0.25) is 5.91 Å². The quantitative estimate of drug-likeness (QED) is 0.899. The van der Waals surface area contributed by atoms with Crippen molar-refractivity contribution in [1.29, 1.82) is 0 Å². The first kappa shape index (κ1) is 18.9. The Morgan fingerprint density at radius 2 is 1.71 bits per heavy atom. The number of carbonyl (C=O) groups excluding carboxylic acids is 1. The zero-order chi connectivity index (χ0) is 17.7. The molecule has 1 N–H and O–H groups in total. The molecule has 1 aromatic carbocycles. The molecule has 24 heavy (non-hydrogen) atoms. The minimum atomic E-state index is 0.0897. The molecule has 134 valence electrons. The minimum absolute atomic E-state index is 0.0897. The van der Waals surface area contributed by atoms with Gasteiger partial charge in [0.05, 0.1) is 6.54 Å². The van der Waals surface area contributed by atoms with E-state index in [9.17, 15) is 4.79 Å². The predicted octanol–water partition coefficient (Wildman–Crippen LogP) is 3.30. The Morgan fingerprint density at radius 3 is 2.33 bits per heavy atom. The molecule has 0 saturated carbocycles. The Kier molecular flexibility index (Phi) is 6.41. The maximum Gasteiger partial charge on any atom is 0.238 e. The summed E-state index contributed by atoms with van der Waals surface area (Å²) in [5, 5.41) is 3.06. The van der Waals surface area contributed by atoms with E-state index in [0.29, 0.717) is 12.0 Å². The van der Waals surface area contributed by atoms with Crippen LogP contribution in [0.3, 0.4) is 0 Å². The molecule has 0 bridgehead atoms. The van der Waals surface area contributed by atoms with Crippen molar-refractivity contribution in [1.82, 2.24) is 9.80 Å². The van der Waals surface area contributed by atoms with Gasteiger partial charge < -0.3 is 10.2 Å². The zero-order valence-corrected chi connectivity index (χ0v) is 16.0. The minimum Gasteiger partial charge on any atom is -0.325 e. The van der Waals surface area contributed by atoms with Crippen molar-refractivity contribution in [2.24, 2.45) is 5.41 Å². The number of carbonyl (C=O) groups is 1. The highest BCUT2D eigenvalue weighted by Gasteiger charge is 2.20. The van der Waals surface area contributed by atoms with Gasteiger partial charge in [0.15, 0.2) is 0 Å². The van der Waals surface area contributed by atoms with Crippen LogP contribution in [0.25, 0.3) is 0 Å². The van der Waals surface area contributed by atoms with Crippen LogP contribution < -0.4 is 5.32 Å². The van der Waals surface area contributed by atoms with Crippen LogP contribution in [0.5, 0.6) is 0 Å². The lowest BCUT2D eigenvalue weighted by Crippen LogP contribution is -2.49. The smallest absolute Gasteiger partial charge is 0.238 e. The van der Waals surface area contributed by atoms with E-state index in [0.717, 1.165) is 44.0 Å². The number of anilines is 1. The number of nitrogens with one attached hydrogen (secondary N) is 1. The van der Waals surface area contributed by atoms with Crippen LogP contribution in [-0.4, -0.2) is 55.0 Å². The molecule has 2 rings (SSSR count). The number of aryl methyl sites for hydroxylation is 1. The molecule has 0 radical (unpaired) electrons. The maximum absolute atomic E-state index is 12.3. The molecule has 1 aliphatic rings. The normalized spacial score (nSPS) is 17.0. The number of benzene rings is 1. The summed E-state index contributed by atoms with van der Waals surface area (Å²) >= 11 is 0. The topological polar surface area (TPSA) is 35.6 Å². The molecule has 4 nitrogen and oxygen atoms in total. The van der Waals surface area contributed by atoms with E-state index in [2.05, 4.69) is 55.8 Å². The van der Waals surface area contributed by atoms with Crippen molar-refractivity contribution < 1.29 is 4.79 Å². The van der Waals surface area contributed by atoms with Crippen LogP contribution in [0.1, 0.15) is 38.3 Å². The fourth-order valence-corrected chi connectivity index (χ4v) is 2.94. The van der Waals surface area contributed by atoms with Gasteiger partial charge in [-0.15, -0.1) is 0 Å². The van der Waals surface area contributed by atoms with Crippen molar-refractivity contribution in [3.8, 4) is 0 Å². The Labute approximate surface area is 147 Å². The van der Waals surface area contributed by atoms with E-state index in [1.54, 1.807) is 0 Å². The number of hydrogen-bond acceptors (Lipinski definition) is 3. The molecule has 0 unspecified atom stereocenters. The second kappa shape index (κ2) is 8.13. The maximum atomic E-state index is 12.3. The lowest BCUT2D eigenvalue weighted by Gasteiger charge is -2.35. The fraction of sp³-hybridized carbons (Fsp3) is 0.650. The second-order valence-electron chi connectivity index (χ2n) is 8.22. The molecule has 1 saturated heterocycles. The van der Waals surface area contributed by atoms with Crippen molar-refractivity contribution in [2.45, 2.75) is 41.0 Å². The van der Waals surface area contributed by atoms with Crippen LogP contribution in [0.15, 0.2) is 18.2 Å². The fourth-order valence-electron chi connectivity index (χ4n) is 2.94. The Hall–Kier alpha value is -1.39. The first-order chi connectivity index (χ1) is 11.2. The zero-order valence-electron chi connectivity index (χ0n) is 16.0. The molecule has 1 heterocycles. The standard InChI is InChI=1S/C20H33N3O/c1-16-7-6-8-18(17(16)2)21-19(24)15-23-13-11-22(12-14-23)10-9-20(3,4)5/h6-8H,9-15H2,1-5H3,(H,21,24). The van der Waals surface area contributed by atoms with E-state index in [1.807, 2.05) is 12.1 Å². The summed E-state index contributed by atoms with van der Waals surface area (Å²) in [6, 6.07) is 6.04. The third-order valence-electron chi connectivity index (χ3n) is 4.89. The van der Waals surface area contributed by atoms with Gasteiger partial charge in [-0.1, -0.05) is 32.9 Å². The Bertz CT molecular complexity index is 554. The number of nitrogens with zero attached hydrogens (tertiary/aromatic N) is 2. The second-order valence-corrected chi connectivity index (χ2v) is 8.22. The number of piperazine rings is 1. The first-order valence-electron chi connectivity index (χ1n) is 9.05. The third-order valence-corrected chi connectivity index (χ3v) is 4.89. The molecule has 0 aliphatic carbocycles. The van der Waals surface area contributed by atoms with Crippen molar-refractivity contribution in [3.05, 3.63) is 29.3 Å². The Morgan fingerprint density at radius 1 is 1.08 bits per heavy atom. The SMILES string of the molecule is Cc1cccc(NC(=O)CN2CCN(CCC(C)(C)C)CC2)c1C. The lowest BCUT2D eigenvalue weighted by atomic mass is 9.92. The molecule has 0 aromatic heterocycles. The van der Waals surface area contributed by atoms with E-state index in [1.165, 1.54) is 12.0 Å². The van der Waals surface area contributed by atoms with Gasteiger partial charge in [0, 0.05) is 31.9 Å². The van der Waals surface area contributed by atoms with Crippen molar-refractivity contribution in [2.75, 3.05) is 44.6 Å². The summed E-state index contributed by atoms with van der Waals surface area (Å²) in [5.41, 5.74) is 3.69. The van der Waals surface area contributed by atoms with Crippen LogP contribution >= 0.6 is 0 Å². The molecule has 0 spiro atoms. The number of rotatable bonds is 5. The molecule has 1 amide bonds. The Balaban J connectivity index is 1.75. The lowest BCUT2D eigenvalue weighted by molar-refractivity contribution is -0.117. The third kappa shape index (κ3) is 5.91.